The number of ketones is 1. The fourth-order valence-electron chi connectivity index (χ4n) is 3.23. The van der Waals surface area contributed by atoms with Crippen molar-refractivity contribution in [3.8, 4) is 0 Å². The van der Waals surface area contributed by atoms with Crippen LogP contribution in [0.15, 0.2) is 22.6 Å². The number of nitrogens with one attached hydrogen (secondary N) is 1. The number of Topliss-reactive ketones (excluding diaryl/α,β-unsaturated/α-hetero) is 1. The minimum absolute atomic E-state index is 0.0386. The SMILES string of the molecule is CC(=O)c1oc2cc(C)ccc2c1CC(=O)NCC1CCC(C(N)=O)O1. The Bertz CT molecular complexity index is 870. The number of aryl methyl sites for hydroxylation is 1. The molecule has 2 aromatic rings. The fourth-order valence-corrected chi connectivity index (χ4v) is 3.23. The van der Waals surface area contributed by atoms with Crippen LogP contribution in [0.4, 0.5) is 0 Å². The lowest BCUT2D eigenvalue weighted by atomic mass is 10.0. The van der Waals surface area contributed by atoms with Crippen LogP contribution < -0.4 is 11.1 Å². The number of carbonyl (C=O) groups is 3. The lowest BCUT2D eigenvalue weighted by Crippen LogP contribution is -2.35. The molecule has 0 bridgehead atoms. The van der Waals surface area contributed by atoms with Crippen molar-refractivity contribution in [1.29, 1.82) is 0 Å². The number of amides is 2. The summed E-state index contributed by atoms with van der Waals surface area (Å²) >= 11 is 0. The van der Waals surface area contributed by atoms with Crippen LogP contribution in [0.5, 0.6) is 0 Å². The maximum absolute atomic E-state index is 12.4. The smallest absolute Gasteiger partial charge is 0.246 e. The van der Waals surface area contributed by atoms with E-state index < -0.39 is 12.0 Å². The summed E-state index contributed by atoms with van der Waals surface area (Å²) in [5, 5.41) is 3.56. The van der Waals surface area contributed by atoms with Gasteiger partial charge in [0.15, 0.2) is 11.5 Å². The molecular weight excluding hydrogens is 336 g/mol. The molecule has 1 aliphatic rings. The number of furan rings is 1. The number of nitrogens with two attached hydrogens (primary N) is 1. The Kier molecular flexibility index (Phi) is 5.08. The highest BCUT2D eigenvalue weighted by molar-refractivity contribution is 6.01. The lowest BCUT2D eigenvalue weighted by Gasteiger charge is -2.12. The summed E-state index contributed by atoms with van der Waals surface area (Å²) in [6.45, 7) is 3.65. The van der Waals surface area contributed by atoms with Crippen LogP contribution in [0.3, 0.4) is 0 Å². The second-order valence-corrected chi connectivity index (χ2v) is 6.67. The van der Waals surface area contributed by atoms with E-state index in [2.05, 4.69) is 5.32 Å². The Balaban J connectivity index is 1.68. The van der Waals surface area contributed by atoms with Crippen molar-refractivity contribution in [1.82, 2.24) is 5.32 Å². The van der Waals surface area contributed by atoms with Gasteiger partial charge >= 0.3 is 0 Å². The minimum atomic E-state index is -0.581. The van der Waals surface area contributed by atoms with Gasteiger partial charge in [-0.15, -0.1) is 0 Å². The van der Waals surface area contributed by atoms with Crippen LogP contribution >= 0.6 is 0 Å². The van der Waals surface area contributed by atoms with Gasteiger partial charge in [-0.25, -0.2) is 0 Å². The number of hydrogen-bond donors (Lipinski definition) is 2. The first-order valence-corrected chi connectivity index (χ1v) is 8.59. The predicted molar refractivity (Wildman–Crippen MR) is 94.8 cm³/mol. The molecular formula is C19H22N2O5. The third-order valence-corrected chi connectivity index (χ3v) is 4.56. The molecule has 2 atom stereocenters. The summed E-state index contributed by atoms with van der Waals surface area (Å²) in [6.07, 6.45) is 0.461. The van der Waals surface area contributed by atoms with Gasteiger partial charge in [-0.05, 0) is 31.4 Å². The molecule has 138 valence electrons. The number of primary amides is 1. The summed E-state index contributed by atoms with van der Waals surface area (Å²) < 4.78 is 11.1. The highest BCUT2D eigenvalue weighted by Gasteiger charge is 2.29. The summed E-state index contributed by atoms with van der Waals surface area (Å²) in [5.74, 6) is -0.719. The molecule has 1 aromatic carbocycles. The standard InChI is InChI=1S/C19H22N2O5/c1-10-3-5-13-14(18(11(2)22)26-16(13)7-10)8-17(23)21-9-12-4-6-15(25-12)19(20)24/h3,5,7,12,15H,4,6,8-9H2,1-2H3,(H2,20,24)(H,21,23). The Morgan fingerprint density at radius 1 is 1.27 bits per heavy atom. The van der Waals surface area contributed by atoms with Crippen molar-refractivity contribution in [3.63, 3.8) is 0 Å². The normalized spacial score (nSPS) is 19.6. The maximum atomic E-state index is 12.4. The number of carbonyl (C=O) groups excluding carboxylic acids is 3. The topological polar surface area (TPSA) is 112 Å². The summed E-state index contributed by atoms with van der Waals surface area (Å²) in [4.78, 5) is 35.4. The molecule has 1 saturated heterocycles. The van der Waals surface area contributed by atoms with Crippen LogP contribution in [-0.2, 0) is 20.7 Å². The Hall–Kier alpha value is -2.67. The summed E-state index contributed by atoms with van der Waals surface area (Å²) in [6, 6.07) is 5.62. The van der Waals surface area contributed by atoms with E-state index in [-0.39, 0.29) is 30.0 Å². The monoisotopic (exact) mass is 358 g/mol. The van der Waals surface area contributed by atoms with Gasteiger partial charge in [-0.3, -0.25) is 14.4 Å². The molecule has 2 amide bonds. The van der Waals surface area contributed by atoms with Gasteiger partial charge in [0.25, 0.3) is 0 Å². The van der Waals surface area contributed by atoms with Crippen LogP contribution in [0.1, 0.15) is 41.4 Å². The predicted octanol–water partition coefficient (Wildman–Crippen LogP) is 1.64. The van der Waals surface area contributed by atoms with Gasteiger partial charge in [0.1, 0.15) is 11.7 Å². The molecule has 0 saturated carbocycles. The molecule has 7 heteroatoms. The Morgan fingerprint density at radius 2 is 2.04 bits per heavy atom. The molecule has 3 N–H and O–H groups in total. The second kappa shape index (κ2) is 7.29. The molecule has 3 rings (SSSR count). The van der Waals surface area contributed by atoms with Gasteiger partial charge in [-0.1, -0.05) is 12.1 Å². The van der Waals surface area contributed by atoms with E-state index in [4.69, 9.17) is 14.9 Å². The Morgan fingerprint density at radius 3 is 2.69 bits per heavy atom. The molecule has 26 heavy (non-hydrogen) atoms. The third kappa shape index (κ3) is 3.77. The van der Waals surface area contributed by atoms with E-state index in [1.54, 1.807) is 0 Å². The van der Waals surface area contributed by atoms with Crippen LogP contribution in [0, 0.1) is 6.92 Å². The quantitative estimate of drug-likeness (QED) is 0.763. The molecule has 2 unspecified atom stereocenters. The lowest BCUT2D eigenvalue weighted by molar-refractivity contribution is -0.128. The van der Waals surface area contributed by atoms with Crippen molar-refractivity contribution >= 4 is 28.6 Å². The van der Waals surface area contributed by atoms with Gasteiger partial charge < -0.3 is 20.2 Å². The zero-order chi connectivity index (χ0) is 18.8. The Labute approximate surface area is 150 Å². The van der Waals surface area contributed by atoms with E-state index in [0.717, 1.165) is 10.9 Å². The first kappa shape index (κ1) is 18.1. The number of fused-ring (bicyclic) bond motifs is 1. The van der Waals surface area contributed by atoms with Crippen molar-refractivity contribution in [2.24, 2.45) is 5.73 Å². The van der Waals surface area contributed by atoms with Crippen molar-refractivity contribution in [2.75, 3.05) is 6.54 Å². The van der Waals surface area contributed by atoms with Crippen molar-refractivity contribution in [3.05, 3.63) is 35.1 Å². The molecule has 0 spiro atoms. The minimum Gasteiger partial charge on any atom is -0.453 e. The average molecular weight is 358 g/mol. The van der Waals surface area contributed by atoms with Gasteiger partial charge in [0, 0.05) is 24.4 Å². The first-order chi connectivity index (χ1) is 12.3. The van der Waals surface area contributed by atoms with Crippen LogP contribution in [0.2, 0.25) is 0 Å². The summed E-state index contributed by atoms with van der Waals surface area (Å²) in [5.41, 5.74) is 7.42. The maximum Gasteiger partial charge on any atom is 0.246 e. The number of benzene rings is 1. The number of ether oxygens (including phenoxy) is 1. The first-order valence-electron chi connectivity index (χ1n) is 8.59. The molecule has 0 radical (unpaired) electrons. The number of rotatable bonds is 6. The molecule has 1 aliphatic heterocycles. The van der Waals surface area contributed by atoms with Gasteiger partial charge in [0.2, 0.25) is 11.8 Å². The largest absolute Gasteiger partial charge is 0.453 e. The van der Waals surface area contributed by atoms with E-state index in [9.17, 15) is 14.4 Å². The van der Waals surface area contributed by atoms with E-state index >= 15 is 0 Å². The molecule has 7 nitrogen and oxygen atoms in total. The van der Waals surface area contributed by atoms with Gasteiger partial charge in [0.05, 0.1) is 12.5 Å². The number of hydrogen-bond acceptors (Lipinski definition) is 5. The molecule has 0 aliphatic carbocycles. The van der Waals surface area contributed by atoms with Gasteiger partial charge in [-0.2, -0.15) is 0 Å². The highest BCUT2D eigenvalue weighted by atomic mass is 16.5. The van der Waals surface area contributed by atoms with E-state index in [0.29, 0.717) is 30.5 Å². The average Bonchev–Trinajstić information content (AvgIpc) is 3.18. The molecule has 2 heterocycles. The van der Waals surface area contributed by atoms with Crippen molar-refractivity contribution < 1.29 is 23.5 Å². The highest BCUT2D eigenvalue weighted by Crippen LogP contribution is 2.28. The zero-order valence-corrected chi connectivity index (χ0v) is 14.8. The van der Waals surface area contributed by atoms with Crippen LogP contribution in [-0.4, -0.2) is 36.4 Å². The van der Waals surface area contributed by atoms with E-state index in [1.807, 2.05) is 25.1 Å². The third-order valence-electron chi connectivity index (χ3n) is 4.56. The summed E-state index contributed by atoms with van der Waals surface area (Å²) in [7, 11) is 0. The van der Waals surface area contributed by atoms with E-state index in [1.165, 1.54) is 6.92 Å². The zero-order valence-electron chi connectivity index (χ0n) is 14.8. The van der Waals surface area contributed by atoms with Crippen molar-refractivity contribution in [2.45, 2.75) is 45.3 Å². The second-order valence-electron chi connectivity index (χ2n) is 6.67. The fraction of sp³-hybridized carbons (Fsp3) is 0.421. The molecule has 1 fully saturated rings. The van der Waals surface area contributed by atoms with Crippen LogP contribution in [0.25, 0.3) is 11.0 Å². The molecule has 1 aromatic heterocycles.